The largest absolute Gasteiger partial charge is 0.489 e. The summed E-state index contributed by atoms with van der Waals surface area (Å²) in [6, 6.07) is 10.8. The van der Waals surface area contributed by atoms with Gasteiger partial charge in [-0.15, -0.1) is 0 Å². The van der Waals surface area contributed by atoms with E-state index in [4.69, 9.17) is 16.3 Å². The minimum absolute atomic E-state index is 0.122. The predicted molar refractivity (Wildman–Crippen MR) is 71.7 cm³/mol. The van der Waals surface area contributed by atoms with E-state index in [1.54, 1.807) is 12.1 Å². The Bertz CT molecular complexity index is 546. The van der Waals surface area contributed by atoms with Gasteiger partial charge in [-0.3, -0.25) is 0 Å². The molecule has 2 rings (SSSR count). The van der Waals surface area contributed by atoms with Crippen LogP contribution in [-0.4, -0.2) is 0 Å². The number of ether oxygens (including phenoxy) is 1. The van der Waals surface area contributed by atoms with Crippen molar-refractivity contribution in [2.45, 2.75) is 20.5 Å². The van der Waals surface area contributed by atoms with Crippen LogP contribution in [0.4, 0.5) is 4.39 Å². The SMILES string of the molecule is Cc1cc(C)cc(OCc2cccc(Cl)c2F)c1. The molecule has 0 fully saturated rings. The average molecular weight is 265 g/mol. The highest BCUT2D eigenvalue weighted by Crippen LogP contribution is 2.21. The Morgan fingerprint density at radius 3 is 2.44 bits per heavy atom. The van der Waals surface area contributed by atoms with E-state index in [-0.39, 0.29) is 11.6 Å². The van der Waals surface area contributed by atoms with Crippen LogP contribution in [0, 0.1) is 19.7 Å². The van der Waals surface area contributed by atoms with Crippen LogP contribution in [0.15, 0.2) is 36.4 Å². The van der Waals surface area contributed by atoms with Gasteiger partial charge in [-0.2, -0.15) is 0 Å². The van der Waals surface area contributed by atoms with Gasteiger partial charge in [0.15, 0.2) is 0 Å². The van der Waals surface area contributed by atoms with E-state index in [0.29, 0.717) is 5.56 Å². The average Bonchev–Trinajstić information content (AvgIpc) is 2.30. The summed E-state index contributed by atoms with van der Waals surface area (Å²) in [5.41, 5.74) is 2.70. The summed E-state index contributed by atoms with van der Waals surface area (Å²) in [5, 5.41) is 0.122. The van der Waals surface area contributed by atoms with Gasteiger partial charge in [0.2, 0.25) is 0 Å². The molecule has 18 heavy (non-hydrogen) atoms. The van der Waals surface area contributed by atoms with Gasteiger partial charge < -0.3 is 4.74 Å². The molecule has 0 unspecified atom stereocenters. The summed E-state index contributed by atoms with van der Waals surface area (Å²) in [6.07, 6.45) is 0. The second-order valence-electron chi connectivity index (χ2n) is 4.33. The highest BCUT2D eigenvalue weighted by atomic mass is 35.5. The van der Waals surface area contributed by atoms with Gasteiger partial charge in [0.25, 0.3) is 0 Å². The van der Waals surface area contributed by atoms with Crippen LogP contribution in [0.3, 0.4) is 0 Å². The molecule has 0 aliphatic rings. The van der Waals surface area contributed by atoms with Crippen molar-refractivity contribution in [3.8, 4) is 5.75 Å². The molecule has 0 saturated heterocycles. The van der Waals surface area contributed by atoms with Crippen LogP contribution < -0.4 is 4.74 Å². The zero-order chi connectivity index (χ0) is 13.1. The van der Waals surface area contributed by atoms with Crippen molar-refractivity contribution in [1.82, 2.24) is 0 Å². The number of hydrogen-bond acceptors (Lipinski definition) is 1. The Kier molecular flexibility index (Phi) is 3.87. The van der Waals surface area contributed by atoms with E-state index in [0.717, 1.165) is 16.9 Å². The van der Waals surface area contributed by atoms with Gasteiger partial charge in [-0.1, -0.05) is 29.8 Å². The number of rotatable bonds is 3. The number of aryl methyl sites for hydroxylation is 2. The Balaban J connectivity index is 2.14. The van der Waals surface area contributed by atoms with E-state index in [2.05, 4.69) is 6.07 Å². The molecule has 1 nitrogen and oxygen atoms in total. The summed E-state index contributed by atoms with van der Waals surface area (Å²) >= 11 is 5.72. The first-order valence-corrected chi connectivity index (χ1v) is 6.08. The van der Waals surface area contributed by atoms with Crippen molar-refractivity contribution in [3.05, 3.63) is 63.9 Å². The Morgan fingerprint density at radius 1 is 1.11 bits per heavy atom. The quantitative estimate of drug-likeness (QED) is 0.782. The van der Waals surface area contributed by atoms with E-state index < -0.39 is 5.82 Å². The van der Waals surface area contributed by atoms with Crippen molar-refractivity contribution in [2.75, 3.05) is 0 Å². The Hall–Kier alpha value is -1.54. The molecular weight excluding hydrogens is 251 g/mol. The zero-order valence-electron chi connectivity index (χ0n) is 10.3. The lowest BCUT2D eigenvalue weighted by atomic mass is 10.1. The topological polar surface area (TPSA) is 9.23 Å². The third kappa shape index (κ3) is 3.02. The highest BCUT2D eigenvalue weighted by Gasteiger charge is 2.07. The molecule has 94 valence electrons. The van der Waals surface area contributed by atoms with Crippen LogP contribution in [-0.2, 0) is 6.61 Å². The Labute approximate surface area is 111 Å². The summed E-state index contributed by atoms with van der Waals surface area (Å²) in [6.45, 7) is 4.18. The van der Waals surface area contributed by atoms with Gasteiger partial charge in [0.05, 0.1) is 5.02 Å². The molecule has 0 spiro atoms. The highest BCUT2D eigenvalue weighted by molar-refractivity contribution is 6.30. The molecule has 0 bridgehead atoms. The molecule has 0 heterocycles. The van der Waals surface area contributed by atoms with E-state index in [1.807, 2.05) is 26.0 Å². The monoisotopic (exact) mass is 264 g/mol. The molecular formula is C15H14ClFO. The van der Waals surface area contributed by atoms with E-state index >= 15 is 0 Å². The molecule has 0 atom stereocenters. The maximum Gasteiger partial charge on any atom is 0.148 e. The van der Waals surface area contributed by atoms with Crippen molar-refractivity contribution in [3.63, 3.8) is 0 Å². The maximum absolute atomic E-state index is 13.7. The van der Waals surface area contributed by atoms with Gasteiger partial charge in [-0.25, -0.2) is 4.39 Å². The third-order valence-electron chi connectivity index (χ3n) is 2.62. The molecule has 0 saturated carbocycles. The first-order chi connectivity index (χ1) is 8.56. The fraction of sp³-hybridized carbons (Fsp3) is 0.200. The van der Waals surface area contributed by atoms with Crippen LogP contribution in [0.5, 0.6) is 5.75 Å². The van der Waals surface area contributed by atoms with Crippen molar-refractivity contribution in [2.24, 2.45) is 0 Å². The van der Waals surface area contributed by atoms with Gasteiger partial charge in [-0.05, 0) is 43.2 Å². The Morgan fingerprint density at radius 2 is 1.78 bits per heavy atom. The van der Waals surface area contributed by atoms with Crippen molar-refractivity contribution in [1.29, 1.82) is 0 Å². The lowest BCUT2D eigenvalue weighted by Gasteiger charge is -2.09. The first kappa shape index (κ1) is 12.9. The molecule has 0 aliphatic carbocycles. The fourth-order valence-electron chi connectivity index (χ4n) is 1.84. The maximum atomic E-state index is 13.7. The van der Waals surface area contributed by atoms with Crippen molar-refractivity contribution >= 4 is 11.6 Å². The smallest absolute Gasteiger partial charge is 0.148 e. The van der Waals surface area contributed by atoms with Gasteiger partial charge in [0.1, 0.15) is 18.2 Å². The number of hydrogen-bond donors (Lipinski definition) is 0. The molecule has 0 N–H and O–H groups in total. The number of halogens is 2. The van der Waals surface area contributed by atoms with Crippen LogP contribution in [0.25, 0.3) is 0 Å². The van der Waals surface area contributed by atoms with Crippen LogP contribution in [0.2, 0.25) is 5.02 Å². The molecule has 0 amide bonds. The van der Waals surface area contributed by atoms with Crippen LogP contribution >= 0.6 is 11.6 Å². The second kappa shape index (κ2) is 5.40. The minimum atomic E-state index is -0.413. The van der Waals surface area contributed by atoms with Crippen LogP contribution in [0.1, 0.15) is 16.7 Å². The third-order valence-corrected chi connectivity index (χ3v) is 2.91. The molecule has 2 aromatic carbocycles. The number of benzene rings is 2. The van der Waals surface area contributed by atoms with Gasteiger partial charge in [0, 0.05) is 5.56 Å². The molecule has 2 aromatic rings. The van der Waals surface area contributed by atoms with E-state index in [9.17, 15) is 4.39 Å². The van der Waals surface area contributed by atoms with Crippen molar-refractivity contribution < 1.29 is 9.13 Å². The lowest BCUT2D eigenvalue weighted by Crippen LogP contribution is -1.99. The molecule has 0 radical (unpaired) electrons. The lowest BCUT2D eigenvalue weighted by molar-refractivity contribution is 0.299. The second-order valence-corrected chi connectivity index (χ2v) is 4.73. The minimum Gasteiger partial charge on any atom is -0.489 e. The zero-order valence-corrected chi connectivity index (χ0v) is 11.1. The fourth-order valence-corrected chi connectivity index (χ4v) is 2.03. The molecule has 0 aromatic heterocycles. The van der Waals surface area contributed by atoms with Gasteiger partial charge >= 0.3 is 0 Å². The normalized spacial score (nSPS) is 10.4. The standard InChI is InChI=1S/C15H14ClFO/c1-10-6-11(2)8-13(7-10)18-9-12-4-3-5-14(16)15(12)17/h3-8H,9H2,1-2H3. The summed E-state index contributed by atoms with van der Waals surface area (Å²) < 4.78 is 19.2. The van der Waals surface area contributed by atoms with E-state index in [1.165, 1.54) is 6.07 Å². The predicted octanol–water partition coefficient (Wildman–Crippen LogP) is 4.67. The summed E-state index contributed by atoms with van der Waals surface area (Å²) in [5.74, 6) is 0.329. The summed E-state index contributed by atoms with van der Waals surface area (Å²) in [7, 11) is 0. The molecule has 0 aliphatic heterocycles. The first-order valence-electron chi connectivity index (χ1n) is 5.70. The summed E-state index contributed by atoms with van der Waals surface area (Å²) in [4.78, 5) is 0. The molecule has 3 heteroatoms.